The van der Waals surface area contributed by atoms with E-state index in [1.165, 1.54) is 7.11 Å². The van der Waals surface area contributed by atoms with Crippen molar-refractivity contribution in [2.45, 2.75) is 137 Å². The van der Waals surface area contributed by atoms with E-state index in [1.54, 1.807) is 0 Å². The Balaban J connectivity index is 1.63. The number of hydrogen-bond acceptors (Lipinski definition) is 21. The molecule has 0 aliphatic carbocycles. The molecule has 55 heavy (non-hydrogen) atoms. The van der Waals surface area contributed by atoms with Gasteiger partial charge in [-0.25, -0.2) is 9.59 Å². The van der Waals surface area contributed by atoms with Crippen LogP contribution in [0.3, 0.4) is 0 Å². The van der Waals surface area contributed by atoms with Gasteiger partial charge < -0.3 is 104 Å². The second-order valence-corrected chi connectivity index (χ2v) is 13.1. The maximum atomic E-state index is 12.6. The number of methoxy groups -OCH3 is 2. The second-order valence-electron chi connectivity index (χ2n) is 13.1. The summed E-state index contributed by atoms with van der Waals surface area (Å²) in [6.07, 6.45) is -33.9. The van der Waals surface area contributed by atoms with Crippen molar-refractivity contribution < 1.29 is 113 Å². The van der Waals surface area contributed by atoms with Crippen LogP contribution < -0.4 is 10.6 Å². The Labute approximate surface area is 311 Å². The predicted molar refractivity (Wildman–Crippen MR) is 168 cm³/mol. The quantitative estimate of drug-likeness (QED) is 0.0775. The molecule has 25 heteroatoms. The molecule has 4 fully saturated rings. The fraction of sp³-hybridized carbons (Fsp3) is 0.867. The number of amides is 2. The van der Waals surface area contributed by atoms with E-state index >= 15 is 0 Å². The lowest BCUT2D eigenvalue weighted by Gasteiger charge is -2.50. The van der Waals surface area contributed by atoms with Crippen molar-refractivity contribution in [3.05, 3.63) is 0 Å². The normalized spacial score (nSPS) is 45.0. The van der Waals surface area contributed by atoms with Crippen molar-refractivity contribution in [2.75, 3.05) is 27.4 Å². The van der Waals surface area contributed by atoms with E-state index < -0.39 is 160 Å². The highest BCUT2D eigenvalue weighted by Gasteiger charge is 2.57. The summed E-state index contributed by atoms with van der Waals surface area (Å²) in [5.74, 6) is -4.96. The summed E-state index contributed by atoms with van der Waals surface area (Å²) in [5.41, 5.74) is 0. The lowest BCUT2D eigenvalue weighted by Crippen LogP contribution is -2.70. The zero-order valence-electron chi connectivity index (χ0n) is 29.7. The second kappa shape index (κ2) is 19.1. The molecule has 4 rings (SSSR count). The van der Waals surface area contributed by atoms with Gasteiger partial charge in [0.2, 0.25) is 11.8 Å². The Kier molecular flexibility index (Phi) is 15.6. The Morgan fingerprint density at radius 2 is 0.891 bits per heavy atom. The monoisotopic (exact) mass is 804 g/mol. The number of rotatable bonds is 14. The Morgan fingerprint density at radius 3 is 1.27 bits per heavy atom. The molecule has 12 unspecified atom stereocenters. The standard InChI is InChI=1S/C30H48N2O23/c1-7(35)31-11-19(13(37)9(5-33)49-27(11)48-4)51-30-18(42)16(40)22(24(55-30)26(45)46)53-28-12(32-8(2)36)20(14(38)10(6-34)50-28)52-29-17(41)15(39)21(47-3)23(54-29)25(43)44/h9-24,27-30,33-34,37-42H,5-6H2,1-4H3,(H,31,35)(H,32,36)(H,43,44)(H,45,46)/t9?,10?,11?,12?,13-,14-,15?,16?,17?,18?,19?,20?,21+,22+,23?,24?,27-,28+,29-,30-/m1/s1. The van der Waals surface area contributed by atoms with E-state index in [2.05, 4.69) is 10.6 Å². The summed E-state index contributed by atoms with van der Waals surface area (Å²) >= 11 is 0. The van der Waals surface area contributed by atoms with Gasteiger partial charge in [0, 0.05) is 28.1 Å². The molecule has 20 atom stereocenters. The van der Waals surface area contributed by atoms with Crippen molar-refractivity contribution in [1.82, 2.24) is 10.6 Å². The lowest BCUT2D eigenvalue weighted by atomic mass is 9.94. The third-order valence-corrected chi connectivity index (χ3v) is 9.40. The average Bonchev–Trinajstić information content (AvgIpc) is 3.12. The number of aliphatic carboxylic acids is 2. The zero-order chi connectivity index (χ0) is 41.0. The Bertz CT molecular complexity index is 1330. The van der Waals surface area contributed by atoms with Gasteiger partial charge in [-0.1, -0.05) is 0 Å². The first-order valence-electron chi connectivity index (χ1n) is 16.8. The first kappa shape index (κ1) is 44.9. The molecular weight excluding hydrogens is 756 g/mol. The van der Waals surface area contributed by atoms with E-state index in [4.69, 9.17) is 42.6 Å². The van der Waals surface area contributed by atoms with E-state index in [-0.39, 0.29) is 0 Å². The zero-order valence-corrected chi connectivity index (χ0v) is 29.7. The maximum absolute atomic E-state index is 12.6. The average molecular weight is 805 g/mol. The van der Waals surface area contributed by atoms with E-state index in [0.717, 1.165) is 21.0 Å². The molecule has 0 aromatic carbocycles. The van der Waals surface area contributed by atoms with Crippen molar-refractivity contribution >= 4 is 23.8 Å². The summed E-state index contributed by atoms with van der Waals surface area (Å²) in [5, 5.41) is 110. The summed E-state index contributed by atoms with van der Waals surface area (Å²) in [6.45, 7) is 0.347. The highest BCUT2D eigenvalue weighted by atomic mass is 16.8. The van der Waals surface area contributed by atoms with Crippen molar-refractivity contribution in [3.8, 4) is 0 Å². The molecule has 2 amide bonds. The molecule has 0 bridgehead atoms. The van der Waals surface area contributed by atoms with Crippen LogP contribution in [-0.4, -0.2) is 225 Å². The van der Waals surface area contributed by atoms with Crippen LogP contribution >= 0.6 is 0 Å². The summed E-state index contributed by atoms with van der Waals surface area (Å²) in [4.78, 5) is 48.8. The van der Waals surface area contributed by atoms with Crippen molar-refractivity contribution in [1.29, 1.82) is 0 Å². The smallest absolute Gasteiger partial charge is 0.335 e. The van der Waals surface area contributed by atoms with Gasteiger partial charge in [-0.3, -0.25) is 9.59 Å². The van der Waals surface area contributed by atoms with Gasteiger partial charge >= 0.3 is 11.9 Å². The van der Waals surface area contributed by atoms with Crippen LogP contribution in [-0.2, 0) is 61.8 Å². The molecule has 12 N–H and O–H groups in total. The minimum atomic E-state index is -2.26. The summed E-state index contributed by atoms with van der Waals surface area (Å²) < 4.78 is 49.3. The molecule has 316 valence electrons. The number of nitrogens with one attached hydrogen (secondary N) is 2. The SMILES string of the molecule is CO[C@@H]1OC(CO)[C@@H](O)C(O[C@@H]2OC(C(=O)O)[C@@H](O[C@@H]3OC(CO)[C@@H](O)C(O[C@@H]4OC(C(=O)O)[C@@H](OC)C(O)C4O)C3NC(C)=O)C(O)C2O)C1NC(C)=O. The van der Waals surface area contributed by atoms with Crippen LogP contribution in [0, 0.1) is 0 Å². The number of hydrogen-bond donors (Lipinski definition) is 12. The molecule has 0 saturated carbocycles. The summed E-state index contributed by atoms with van der Waals surface area (Å²) in [6, 6.07) is -3.09. The van der Waals surface area contributed by atoms with Gasteiger partial charge in [-0.15, -0.1) is 0 Å². The maximum Gasteiger partial charge on any atom is 0.335 e. The fourth-order valence-corrected chi connectivity index (χ4v) is 6.73. The van der Waals surface area contributed by atoms with Gasteiger partial charge in [-0.2, -0.15) is 0 Å². The van der Waals surface area contributed by atoms with E-state index in [0.29, 0.717) is 0 Å². The number of aliphatic hydroxyl groups is 8. The van der Waals surface area contributed by atoms with Crippen LogP contribution in [0.4, 0.5) is 0 Å². The van der Waals surface area contributed by atoms with Gasteiger partial charge in [0.25, 0.3) is 0 Å². The van der Waals surface area contributed by atoms with E-state index in [1.807, 2.05) is 0 Å². The van der Waals surface area contributed by atoms with Crippen LogP contribution in [0.25, 0.3) is 0 Å². The van der Waals surface area contributed by atoms with Crippen LogP contribution in [0.1, 0.15) is 13.8 Å². The predicted octanol–water partition coefficient (Wildman–Crippen LogP) is -7.97. The van der Waals surface area contributed by atoms with Gasteiger partial charge in [-0.05, 0) is 0 Å². The highest BCUT2D eigenvalue weighted by molar-refractivity contribution is 5.74. The largest absolute Gasteiger partial charge is 0.479 e. The van der Waals surface area contributed by atoms with Crippen LogP contribution in [0.2, 0.25) is 0 Å². The van der Waals surface area contributed by atoms with Gasteiger partial charge in [0.1, 0.15) is 85.3 Å². The summed E-state index contributed by atoms with van der Waals surface area (Å²) in [7, 11) is 2.22. The number of aliphatic hydroxyl groups excluding tert-OH is 8. The first-order valence-corrected chi connectivity index (χ1v) is 16.8. The highest BCUT2D eigenvalue weighted by Crippen LogP contribution is 2.35. The number of carbonyl (C=O) groups excluding carboxylic acids is 2. The van der Waals surface area contributed by atoms with Crippen LogP contribution in [0.5, 0.6) is 0 Å². The molecular formula is C30H48N2O23. The number of ether oxygens (including phenoxy) is 9. The Hall–Kier alpha value is -2.80. The van der Waals surface area contributed by atoms with Crippen LogP contribution in [0.15, 0.2) is 0 Å². The number of carbonyl (C=O) groups is 4. The van der Waals surface area contributed by atoms with Gasteiger partial charge in [0.15, 0.2) is 37.4 Å². The van der Waals surface area contributed by atoms with Crippen molar-refractivity contribution in [3.63, 3.8) is 0 Å². The topological polar surface area (TPSA) is 378 Å². The molecule has 0 aromatic heterocycles. The number of carboxylic acids is 2. The molecule has 4 heterocycles. The fourth-order valence-electron chi connectivity index (χ4n) is 6.73. The third-order valence-electron chi connectivity index (χ3n) is 9.40. The molecule has 4 aliphatic rings. The molecule has 4 aliphatic heterocycles. The van der Waals surface area contributed by atoms with Crippen molar-refractivity contribution in [2.24, 2.45) is 0 Å². The lowest BCUT2D eigenvalue weighted by molar-refractivity contribution is -0.369. The molecule has 0 radical (unpaired) electrons. The van der Waals surface area contributed by atoms with E-state index in [9.17, 15) is 70.2 Å². The first-order chi connectivity index (χ1) is 25.9. The molecule has 25 nitrogen and oxygen atoms in total. The molecule has 4 saturated heterocycles. The Morgan fingerprint density at radius 1 is 0.509 bits per heavy atom. The minimum Gasteiger partial charge on any atom is -0.479 e. The molecule has 0 spiro atoms. The third kappa shape index (κ3) is 9.67. The minimum absolute atomic E-state index is 0.655. The van der Waals surface area contributed by atoms with Gasteiger partial charge in [0.05, 0.1) is 13.2 Å². The number of carboxylic acid groups (broad SMARTS) is 2. The molecule has 0 aromatic rings.